The molecular weight excluding hydrogens is 451 g/mol. The van der Waals surface area contributed by atoms with E-state index in [1.807, 2.05) is 0 Å². The maximum atomic E-state index is 13.1. The summed E-state index contributed by atoms with van der Waals surface area (Å²) in [5, 5.41) is 8.11. The minimum absolute atomic E-state index is 0.0441. The zero-order chi connectivity index (χ0) is 25.5. The van der Waals surface area contributed by atoms with Crippen LogP contribution < -0.4 is 21.7 Å². The van der Waals surface area contributed by atoms with Gasteiger partial charge in [-0.15, -0.1) is 0 Å². The Bertz CT molecular complexity index is 821. The molecule has 1 heterocycles. The van der Waals surface area contributed by atoms with Gasteiger partial charge in [-0.25, -0.2) is 9.78 Å². The van der Waals surface area contributed by atoms with E-state index in [9.17, 15) is 22.8 Å². The van der Waals surface area contributed by atoms with Crippen LogP contribution in [0.2, 0.25) is 0 Å². The van der Waals surface area contributed by atoms with E-state index in [-0.39, 0.29) is 18.3 Å². The lowest BCUT2D eigenvalue weighted by atomic mass is 9.79. The molecule has 1 aliphatic carbocycles. The van der Waals surface area contributed by atoms with E-state index in [0.29, 0.717) is 11.5 Å². The summed E-state index contributed by atoms with van der Waals surface area (Å²) in [6.07, 6.45) is -0.170. The zero-order valence-electron chi connectivity index (χ0n) is 20.2. The second-order valence-corrected chi connectivity index (χ2v) is 9.96. The highest BCUT2D eigenvalue weighted by molar-refractivity contribution is 5.96. The third-order valence-electron chi connectivity index (χ3n) is 5.68. The number of nitrogens with zero attached hydrogens (tertiary/aromatic N) is 1. The van der Waals surface area contributed by atoms with Crippen molar-refractivity contribution in [3.05, 3.63) is 23.9 Å². The van der Waals surface area contributed by atoms with Crippen LogP contribution in [0.15, 0.2) is 18.3 Å². The number of alkyl halides is 3. The van der Waals surface area contributed by atoms with Crippen molar-refractivity contribution >= 4 is 17.8 Å². The van der Waals surface area contributed by atoms with E-state index in [1.165, 1.54) is 6.20 Å². The lowest BCUT2D eigenvalue weighted by Gasteiger charge is -2.32. The van der Waals surface area contributed by atoms with Crippen LogP contribution in [0.25, 0.3) is 0 Å². The van der Waals surface area contributed by atoms with Crippen molar-refractivity contribution in [1.29, 1.82) is 0 Å². The highest BCUT2D eigenvalue weighted by Crippen LogP contribution is 2.31. The first-order chi connectivity index (χ1) is 15.7. The number of amides is 2. The Labute approximate surface area is 198 Å². The average Bonchev–Trinajstić information content (AvgIpc) is 2.71. The molecule has 0 radical (unpaired) electrons. The van der Waals surface area contributed by atoms with Gasteiger partial charge in [0.1, 0.15) is 23.5 Å². The van der Waals surface area contributed by atoms with Crippen LogP contribution in [0, 0.1) is 11.8 Å². The minimum Gasteiger partial charge on any atom is -0.444 e. The first-order valence-electron chi connectivity index (χ1n) is 11.5. The van der Waals surface area contributed by atoms with Crippen LogP contribution in [0.4, 0.5) is 23.8 Å². The van der Waals surface area contributed by atoms with Gasteiger partial charge in [-0.2, -0.15) is 13.2 Å². The van der Waals surface area contributed by atoms with Crippen LogP contribution in [-0.4, -0.2) is 47.4 Å². The number of anilines is 1. The van der Waals surface area contributed by atoms with Crippen molar-refractivity contribution in [2.24, 2.45) is 17.6 Å². The van der Waals surface area contributed by atoms with Crippen molar-refractivity contribution in [2.45, 2.75) is 83.8 Å². The number of nitrogens with one attached hydrogen (secondary N) is 3. The van der Waals surface area contributed by atoms with E-state index in [2.05, 4.69) is 27.9 Å². The minimum atomic E-state index is -4.47. The highest BCUT2D eigenvalue weighted by atomic mass is 19.4. The Morgan fingerprint density at radius 1 is 1.21 bits per heavy atom. The molecule has 2 rings (SSSR count). The molecule has 0 unspecified atom stereocenters. The summed E-state index contributed by atoms with van der Waals surface area (Å²) in [6, 6.07) is 0.431. The van der Waals surface area contributed by atoms with Gasteiger partial charge in [0, 0.05) is 19.3 Å². The van der Waals surface area contributed by atoms with Crippen molar-refractivity contribution in [3.63, 3.8) is 0 Å². The third kappa shape index (κ3) is 9.46. The van der Waals surface area contributed by atoms with Crippen LogP contribution >= 0.6 is 0 Å². The van der Waals surface area contributed by atoms with Crippen LogP contribution in [0.5, 0.6) is 0 Å². The SMILES string of the molecule is CC(C)(C)OC(=O)N[C@H](C(=O)Nc1cc(CNC[C@H](N)C(F)(F)F)ccn1)[C@H]1CC[C@H](C)CC1. The smallest absolute Gasteiger partial charge is 0.408 e. The van der Waals surface area contributed by atoms with Crippen molar-refractivity contribution in [3.8, 4) is 0 Å². The molecule has 1 aliphatic rings. The second kappa shape index (κ2) is 11.8. The predicted octanol–water partition coefficient (Wildman–Crippen LogP) is 3.72. The Morgan fingerprint density at radius 3 is 2.44 bits per heavy atom. The molecule has 5 N–H and O–H groups in total. The van der Waals surface area contributed by atoms with Crippen molar-refractivity contribution in [2.75, 3.05) is 11.9 Å². The summed E-state index contributed by atoms with van der Waals surface area (Å²) in [5.74, 6) is 0.349. The van der Waals surface area contributed by atoms with Gasteiger partial charge < -0.3 is 26.4 Å². The molecule has 0 aromatic carbocycles. The van der Waals surface area contributed by atoms with Gasteiger partial charge in [-0.3, -0.25) is 4.79 Å². The molecule has 2 amide bonds. The number of alkyl carbamates (subject to hydrolysis) is 1. The van der Waals surface area contributed by atoms with Gasteiger partial charge in [0.2, 0.25) is 5.91 Å². The molecule has 1 aromatic heterocycles. The fourth-order valence-corrected chi connectivity index (χ4v) is 3.80. The molecule has 34 heavy (non-hydrogen) atoms. The lowest BCUT2D eigenvalue weighted by molar-refractivity contribution is -0.146. The predicted molar refractivity (Wildman–Crippen MR) is 123 cm³/mol. The maximum absolute atomic E-state index is 13.1. The van der Waals surface area contributed by atoms with Gasteiger partial charge in [0.15, 0.2) is 0 Å². The molecule has 192 valence electrons. The zero-order valence-corrected chi connectivity index (χ0v) is 20.2. The number of hydrogen-bond acceptors (Lipinski definition) is 6. The molecule has 0 aliphatic heterocycles. The molecule has 2 atom stereocenters. The quantitative estimate of drug-likeness (QED) is 0.444. The second-order valence-electron chi connectivity index (χ2n) is 9.96. The average molecular weight is 488 g/mol. The Morgan fingerprint density at radius 2 is 1.85 bits per heavy atom. The molecule has 0 saturated heterocycles. The normalized spacial score (nSPS) is 20.8. The molecule has 8 nitrogen and oxygen atoms in total. The maximum Gasteiger partial charge on any atom is 0.408 e. The molecular formula is C23H36F3N5O3. The summed E-state index contributed by atoms with van der Waals surface area (Å²) in [6.45, 7) is 7.08. The van der Waals surface area contributed by atoms with Crippen LogP contribution in [0.3, 0.4) is 0 Å². The number of hydrogen-bond donors (Lipinski definition) is 4. The summed E-state index contributed by atoms with van der Waals surface area (Å²) in [4.78, 5) is 29.7. The first kappa shape index (κ1) is 27.8. The fraction of sp³-hybridized carbons (Fsp3) is 0.696. The number of halogens is 3. The summed E-state index contributed by atoms with van der Waals surface area (Å²) in [7, 11) is 0. The summed E-state index contributed by atoms with van der Waals surface area (Å²) in [5.41, 5.74) is 5.02. The van der Waals surface area contributed by atoms with E-state index in [4.69, 9.17) is 10.5 Å². The van der Waals surface area contributed by atoms with Crippen LogP contribution in [-0.2, 0) is 16.1 Å². The Kier molecular flexibility index (Phi) is 9.69. The van der Waals surface area contributed by atoms with Gasteiger partial charge >= 0.3 is 12.3 Å². The third-order valence-corrected chi connectivity index (χ3v) is 5.68. The molecule has 1 aromatic rings. The number of rotatable bonds is 8. The number of carbonyl (C=O) groups is 2. The van der Waals surface area contributed by atoms with Gasteiger partial charge in [0.25, 0.3) is 0 Å². The lowest BCUT2D eigenvalue weighted by Crippen LogP contribution is -2.50. The Balaban J connectivity index is 2.04. The monoisotopic (exact) mass is 487 g/mol. The van der Waals surface area contributed by atoms with Crippen molar-refractivity contribution in [1.82, 2.24) is 15.6 Å². The number of pyridine rings is 1. The molecule has 0 bridgehead atoms. The van der Waals surface area contributed by atoms with Gasteiger partial charge in [-0.1, -0.05) is 19.8 Å². The largest absolute Gasteiger partial charge is 0.444 e. The van der Waals surface area contributed by atoms with E-state index < -0.39 is 42.4 Å². The summed E-state index contributed by atoms with van der Waals surface area (Å²) < 4.78 is 43.0. The van der Waals surface area contributed by atoms with E-state index in [0.717, 1.165) is 25.7 Å². The summed E-state index contributed by atoms with van der Waals surface area (Å²) >= 11 is 0. The number of aromatic nitrogens is 1. The molecule has 1 fully saturated rings. The fourth-order valence-electron chi connectivity index (χ4n) is 3.80. The first-order valence-corrected chi connectivity index (χ1v) is 11.5. The molecule has 0 spiro atoms. The number of nitrogens with two attached hydrogens (primary N) is 1. The van der Waals surface area contributed by atoms with E-state index in [1.54, 1.807) is 32.9 Å². The molecule has 11 heteroatoms. The van der Waals surface area contributed by atoms with Crippen molar-refractivity contribution < 1.29 is 27.5 Å². The van der Waals surface area contributed by atoms with Gasteiger partial charge in [-0.05, 0) is 63.1 Å². The van der Waals surface area contributed by atoms with E-state index >= 15 is 0 Å². The van der Waals surface area contributed by atoms with Crippen LogP contribution in [0.1, 0.15) is 58.9 Å². The topological polar surface area (TPSA) is 118 Å². The Hall–Kier alpha value is -2.40. The standard InChI is InChI=1S/C23H36F3N5O3/c1-14-5-7-16(8-6-14)19(31-21(33)34-22(2,3)4)20(32)30-18-11-15(9-10-29-18)12-28-13-17(27)23(24,25)26/h9-11,14,16-17,19,28H,5-8,12-13,27H2,1-4H3,(H,31,33)(H,29,30,32)/t14-,16-,17-,19-/m0/s1. The molecule has 1 saturated carbocycles. The van der Waals surface area contributed by atoms with Gasteiger partial charge in [0.05, 0.1) is 0 Å². The number of ether oxygens (including phenoxy) is 1. The highest BCUT2D eigenvalue weighted by Gasteiger charge is 2.36. The number of carbonyl (C=O) groups excluding carboxylic acids is 2.